The minimum absolute atomic E-state index is 0.0436. The summed E-state index contributed by atoms with van der Waals surface area (Å²) < 4.78 is 0. The smallest absolute Gasteiger partial charge is 0.226 e. The summed E-state index contributed by atoms with van der Waals surface area (Å²) in [6.45, 7) is 8.65. The van der Waals surface area contributed by atoms with Crippen LogP contribution in [-0.4, -0.2) is 53.2 Å². The molecule has 1 aromatic heterocycles. The van der Waals surface area contributed by atoms with Gasteiger partial charge in [0.15, 0.2) is 0 Å². The number of fused-ring (bicyclic) bond motifs is 2. The average Bonchev–Trinajstić information content (AvgIpc) is 3.32. The molecule has 5 nitrogen and oxygen atoms in total. The molecule has 2 aliphatic heterocycles. The minimum Gasteiger partial charge on any atom is -0.361 e. The number of amides is 1. The number of likely N-dealkylation sites (tertiary alicyclic amines) is 1. The molecule has 5 rings (SSSR count). The molecule has 1 amide bonds. The standard InChI is InChI=1S/C23H32N4OS/c1-23(2,3)17-6-5-15-16-9-14(21(28)26-22-24-7-8-29-22)12-27(4)18(16)10-13-11-25-20(17)19(13)15/h5-6,11,14,16,18,22,24-25H,7-10,12H2,1-4H3,(H,26,28)/t14-,16-,18-,22?/m1/s1. The van der Waals surface area contributed by atoms with Crippen LogP contribution in [0.4, 0.5) is 0 Å². The van der Waals surface area contributed by atoms with Gasteiger partial charge in [0, 0.05) is 47.9 Å². The van der Waals surface area contributed by atoms with E-state index in [4.69, 9.17) is 0 Å². The summed E-state index contributed by atoms with van der Waals surface area (Å²) in [7, 11) is 2.19. The van der Waals surface area contributed by atoms with Crippen LogP contribution in [0.1, 0.15) is 49.8 Å². The van der Waals surface area contributed by atoms with Gasteiger partial charge in [0.25, 0.3) is 0 Å². The van der Waals surface area contributed by atoms with E-state index in [0.29, 0.717) is 12.0 Å². The highest BCUT2D eigenvalue weighted by Crippen LogP contribution is 2.46. The van der Waals surface area contributed by atoms with Crippen LogP contribution in [-0.2, 0) is 16.6 Å². The molecule has 3 aliphatic rings. The number of aromatic amines is 1. The van der Waals surface area contributed by atoms with Crippen molar-refractivity contribution in [1.29, 1.82) is 0 Å². The number of hydrogen-bond acceptors (Lipinski definition) is 4. The Morgan fingerprint density at radius 3 is 2.86 bits per heavy atom. The molecule has 3 heterocycles. The van der Waals surface area contributed by atoms with Crippen molar-refractivity contribution in [3.63, 3.8) is 0 Å². The normalized spacial score (nSPS) is 29.8. The average molecular weight is 413 g/mol. The first-order valence-electron chi connectivity index (χ1n) is 10.8. The van der Waals surface area contributed by atoms with Crippen LogP contribution in [0.15, 0.2) is 18.3 Å². The van der Waals surface area contributed by atoms with Gasteiger partial charge in [0.2, 0.25) is 5.91 Å². The summed E-state index contributed by atoms with van der Waals surface area (Å²) in [6, 6.07) is 5.13. The van der Waals surface area contributed by atoms with E-state index in [0.717, 1.165) is 31.7 Å². The van der Waals surface area contributed by atoms with Gasteiger partial charge in [-0.05, 0) is 42.0 Å². The van der Waals surface area contributed by atoms with Gasteiger partial charge < -0.3 is 15.2 Å². The third-order valence-electron chi connectivity index (χ3n) is 7.02. The van der Waals surface area contributed by atoms with Gasteiger partial charge >= 0.3 is 0 Å². The Morgan fingerprint density at radius 2 is 2.14 bits per heavy atom. The van der Waals surface area contributed by atoms with E-state index in [1.54, 1.807) is 11.8 Å². The van der Waals surface area contributed by atoms with Crippen molar-refractivity contribution in [2.45, 2.75) is 56.5 Å². The fourth-order valence-electron chi connectivity index (χ4n) is 5.58. The van der Waals surface area contributed by atoms with Crippen LogP contribution in [0.5, 0.6) is 0 Å². The van der Waals surface area contributed by atoms with Crippen LogP contribution in [0.25, 0.3) is 10.9 Å². The quantitative estimate of drug-likeness (QED) is 0.709. The number of aromatic nitrogens is 1. The molecule has 0 spiro atoms. The summed E-state index contributed by atoms with van der Waals surface area (Å²) in [5.74, 6) is 1.72. The molecule has 0 bridgehead atoms. The maximum atomic E-state index is 13.0. The van der Waals surface area contributed by atoms with Gasteiger partial charge in [-0.3, -0.25) is 10.1 Å². The molecule has 2 saturated heterocycles. The molecule has 1 aromatic carbocycles. The number of carbonyl (C=O) groups excluding carboxylic acids is 1. The zero-order valence-corrected chi connectivity index (χ0v) is 18.7. The monoisotopic (exact) mass is 412 g/mol. The van der Waals surface area contributed by atoms with E-state index < -0.39 is 0 Å². The third kappa shape index (κ3) is 3.29. The Labute approximate surface area is 177 Å². The van der Waals surface area contributed by atoms with Crippen molar-refractivity contribution in [2.75, 3.05) is 25.9 Å². The van der Waals surface area contributed by atoms with Gasteiger partial charge in [-0.15, -0.1) is 11.8 Å². The Bertz CT molecular complexity index is 940. The molecule has 29 heavy (non-hydrogen) atoms. The topological polar surface area (TPSA) is 60.2 Å². The molecule has 4 atom stereocenters. The summed E-state index contributed by atoms with van der Waals surface area (Å²) in [5, 5.41) is 7.98. The summed E-state index contributed by atoms with van der Waals surface area (Å²) >= 11 is 1.79. The van der Waals surface area contributed by atoms with Gasteiger partial charge in [-0.1, -0.05) is 32.9 Å². The molecule has 2 aromatic rings. The second-order valence-corrected chi connectivity index (χ2v) is 11.2. The fraction of sp³-hybridized carbons (Fsp3) is 0.609. The SMILES string of the molecule is CN1C[C@H](C(=O)NC2NCCS2)C[C@@H]2c3ccc(C(C)(C)C)c4[nH]cc(c34)C[C@H]21. The van der Waals surface area contributed by atoms with Crippen LogP contribution >= 0.6 is 11.8 Å². The number of nitrogens with one attached hydrogen (secondary N) is 3. The predicted molar refractivity (Wildman–Crippen MR) is 120 cm³/mol. The molecule has 156 valence electrons. The molecule has 1 unspecified atom stereocenters. The van der Waals surface area contributed by atoms with Crippen molar-refractivity contribution in [3.8, 4) is 0 Å². The lowest BCUT2D eigenvalue weighted by Gasteiger charge is -2.45. The first kappa shape index (κ1) is 19.5. The highest BCUT2D eigenvalue weighted by atomic mass is 32.2. The summed E-state index contributed by atoms with van der Waals surface area (Å²) in [5.41, 5.74) is 5.72. The summed E-state index contributed by atoms with van der Waals surface area (Å²) in [6.07, 6.45) is 4.22. The van der Waals surface area contributed by atoms with Gasteiger partial charge in [0.05, 0.1) is 5.92 Å². The Balaban J connectivity index is 1.47. The number of hydrogen-bond donors (Lipinski definition) is 3. The zero-order chi connectivity index (χ0) is 20.3. The van der Waals surface area contributed by atoms with E-state index in [1.807, 2.05) is 0 Å². The molecule has 0 radical (unpaired) electrons. The molecule has 6 heteroatoms. The number of nitrogens with zero attached hydrogens (tertiary/aromatic N) is 1. The van der Waals surface area contributed by atoms with E-state index in [1.165, 1.54) is 27.6 Å². The number of carbonyl (C=O) groups is 1. The predicted octanol–water partition coefficient (Wildman–Crippen LogP) is 3.16. The van der Waals surface area contributed by atoms with E-state index in [9.17, 15) is 4.79 Å². The van der Waals surface area contributed by atoms with E-state index in [2.05, 4.69) is 66.7 Å². The lowest BCUT2D eigenvalue weighted by molar-refractivity contribution is -0.127. The third-order valence-corrected chi connectivity index (χ3v) is 8.08. The number of likely N-dealkylation sites (N-methyl/N-ethyl adjacent to an activating group) is 1. The fourth-order valence-corrected chi connectivity index (χ4v) is 6.49. The molecule has 0 saturated carbocycles. The number of thioether (sulfide) groups is 1. The zero-order valence-electron chi connectivity index (χ0n) is 17.8. The molecular weight excluding hydrogens is 380 g/mol. The molecule has 2 fully saturated rings. The summed E-state index contributed by atoms with van der Waals surface area (Å²) in [4.78, 5) is 19.0. The van der Waals surface area contributed by atoms with Gasteiger partial charge in [-0.25, -0.2) is 0 Å². The van der Waals surface area contributed by atoms with Crippen molar-refractivity contribution in [2.24, 2.45) is 5.92 Å². The van der Waals surface area contributed by atoms with Crippen LogP contribution in [0.2, 0.25) is 0 Å². The number of benzene rings is 1. The highest BCUT2D eigenvalue weighted by molar-refractivity contribution is 8.00. The maximum Gasteiger partial charge on any atom is 0.226 e. The van der Waals surface area contributed by atoms with Crippen LogP contribution in [0.3, 0.4) is 0 Å². The molecule has 3 N–H and O–H groups in total. The Kier molecular flexibility index (Phi) is 4.72. The van der Waals surface area contributed by atoms with Gasteiger partial charge in [0.1, 0.15) is 5.50 Å². The Hall–Kier alpha value is -1.50. The van der Waals surface area contributed by atoms with Gasteiger partial charge in [-0.2, -0.15) is 0 Å². The van der Waals surface area contributed by atoms with Crippen molar-refractivity contribution in [1.82, 2.24) is 20.5 Å². The maximum absolute atomic E-state index is 13.0. The van der Waals surface area contributed by atoms with Crippen molar-refractivity contribution < 1.29 is 4.79 Å². The van der Waals surface area contributed by atoms with Crippen molar-refractivity contribution >= 4 is 28.6 Å². The number of H-pyrrole nitrogens is 1. The van der Waals surface area contributed by atoms with Crippen molar-refractivity contribution in [3.05, 3.63) is 35.0 Å². The lowest BCUT2D eigenvalue weighted by Crippen LogP contribution is -2.53. The second-order valence-electron chi connectivity index (χ2n) is 9.98. The van der Waals surface area contributed by atoms with Crippen LogP contribution in [0, 0.1) is 5.92 Å². The minimum atomic E-state index is 0.0436. The number of rotatable bonds is 2. The van der Waals surface area contributed by atoms with E-state index >= 15 is 0 Å². The highest BCUT2D eigenvalue weighted by Gasteiger charge is 2.42. The van der Waals surface area contributed by atoms with Crippen LogP contribution < -0.4 is 10.6 Å². The first-order valence-corrected chi connectivity index (χ1v) is 11.9. The lowest BCUT2D eigenvalue weighted by atomic mass is 9.71. The second kappa shape index (κ2) is 7.03. The molecular formula is C23H32N4OS. The Morgan fingerprint density at radius 1 is 1.31 bits per heavy atom. The molecule has 1 aliphatic carbocycles. The number of piperidine rings is 1. The largest absolute Gasteiger partial charge is 0.361 e. The van der Waals surface area contributed by atoms with E-state index in [-0.39, 0.29) is 22.7 Å². The first-order chi connectivity index (χ1) is 13.8.